The molecule has 0 spiro atoms. The third kappa shape index (κ3) is 4.05. The average molecular weight is 411 g/mol. The maximum absolute atomic E-state index is 12.4. The van der Waals surface area contributed by atoms with Gasteiger partial charge in [0.1, 0.15) is 5.02 Å². The molecule has 27 heavy (non-hydrogen) atoms. The van der Waals surface area contributed by atoms with E-state index in [1.807, 2.05) is 6.92 Å². The van der Waals surface area contributed by atoms with E-state index in [0.717, 1.165) is 0 Å². The molecule has 142 valence electrons. The monoisotopic (exact) mass is 410 g/mol. The summed E-state index contributed by atoms with van der Waals surface area (Å²) in [6, 6.07) is 2.63. The number of nitrogens with zero attached hydrogens (tertiary/aromatic N) is 4. The van der Waals surface area contributed by atoms with Gasteiger partial charge >= 0.3 is 6.03 Å². The van der Waals surface area contributed by atoms with Crippen LogP contribution in [0.5, 0.6) is 5.88 Å². The molecule has 2 N–H and O–H groups in total. The second-order valence-electron chi connectivity index (χ2n) is 5.47. The quantitative estimate of drug-likeness (QED) is 0.662. The Kier molecular flexibility index (Phi) is 5.64. The number of amides is 2. The van der Waals surface area contributed by atoms with E-state index in [2.05, 4.69) is 25.7 Å². The van der Waals surface area contributed by atoms with Crippen LogP contribution < -0.4 is 15.4 Å². The van der Waals surface area contributed by atoms with Crippen LogP contribution >= 0.6 is 23.2 Å². The minimum absolute atomic E-state index is 0.268. The molecule has 0 bridgehead atoms. The van der Waals surface area contributed by atoms with E-state index < -0.39 is 6.03 Å². The molecule has 3 aromatic rings. The van der Waals surface area contributed by atoms with Crippen LogP contribution in [0.4, 0.5) is 16.2 Å². The van der Waals surface area contributed by atoms with Gasteiger partial charge in [-0.05, 0) is 13.0 Å². The van der Waals surface area contributed by atoms with E-state index >= 15 is 0 Å². The maximum Gasteiger partial charge on any atom is 0.323 e. The normalized spacial score (nSPS) is 12.0. The molecule has 3 heterocycles. The van der Waals surface area contributed by atoms with Gasteiger partial charge < -0.3 is 20.1 Å². The summed E-state index contributed by atoms with van der Waals surface area (Å²) in [6.45, 7) is 1.82. The minimum Gasteiger partial charge on any atom is -0.480 e. The van der Waals surface area contributed by atoms with Gasteiger partial charge in [0.2, 0.25) is 5.88 Å². The summed E-state index contributed by atoms with van der Waals surface area (Å²) >= 11 is 12.0. The fourth-order valence-corrected chi connectivity index (χ4v) is 2.87. The van der Waals surface area contributed by atoms with E-state index in [0.29, 0.717) is 22.7 Å². The number of urea groups is 1. The molecular weight excluding hydrogens is 395 g/mol. The zero-order valence-corrected chi connectivity index (χ0v) is 16.2. The first-order valence-corrected chi connectivity index (χ1v) is 8.53. The average Bonchev–Trinajstić information content (AvgIpc) is 3.01. The minimum atomic E-state index is -0.512. The number of fused-ring (bicyclic) bond motifs is 1. The summed E-state index contributed by atoms with van der Waals surface area (Å²) in [4.78, 5) is 20.6. The molecular formula is C16H16Cl2N6O3. The molecule has 0 aliphatic rings. The molecule has 0 aromatic carbocycles. The van der Waals surface area contributed by atoms with Gasteiger partial charge in [0, 0.05) is 13.2 Å². The Balaban J connectivity index is 1.87. The van der Waals surface area contributed by atoms with Crippen molar-refractivity contribution in [3.8, 4) is 5.88 Å². The fourth-order valence-electron chi connectivity index (χ4n) is 2.45. The van der Waals surface area contributed by atoms with E-state index in [-0.39, 0.29) is 22.2 Å². The molecule has 0 fully saturated rings. The van der Waals surface area contributed by atoms with Crippen LogP contribution in [0.25, 0.3) is 5.65 Å². The number of halogens is 2. The van der Waals surface area contributed by atoms with Crippen molar-refractivity contribution in [1.82, 2.24) is 19.6 Å². The van der Waals surface area contributed by atoms with E-state index in [4.69, 9.17) is 32.7 Å². The zero-order chi connectivity index (χ0) is 19.6. The Labute approximate surface area is 164 Å². The molecule has 0 aliphatic carbocycles. The van der Waals surface area contributed by atoms with Gasteiger partial charge in [-0.3, -0.25) is 0 Å². The van der Waals surface area contributed by atoms with Gasteiger partial charge in [0.25, 0.3) is 0 Å². The Bertz CT molecular complexity index is 994. The number of hydrogen-bond donors (Lipinski definition) is 2. The zero-order valence-electron chi connectivity index (χ0n) is 14.7. The molecule has 3 rings (SSSR count). The second kappa shape index (κ2) is 7.95. The van der Waals surface area contributed by atoms with Gasteiger partial charge in [0.15, 0.2) is 10.8 Å². The van der Waals surface area contributed by atoms with Gasteiger partial charge in [-0.1, -0.05) is 23.2 Å². The highest BCUT2D eigenvalue weighted by molar-refractivity contribution is 6.32. The second-order valence-corrected chi connectivity index (χ2v) is 6.26. The number of carbonyl (C=O) groups excluding carboxylic acids is 1. The lowest BCUT2D eigenvalue weighted by atomic mass is 10.2. The van der Waals surface area contributed by atoms with Gasteiger partial charge in [-0.15, -0.1) is 0 Å². The van der Waals surface area contributed by atoms with Crippen molar-refractivity contribution in [2.75, 3.05) is 24.9 Å². The summed E-state index contributed by atoms with van der Waals surface area (Å²) in [5.74, 6) is 0.268. The lowest BCUT2D eigenvalue weighted by Gasteiger charge is -2.17. The van der Waals surface area contributed by atoms with Crippen LogP contribution in [0.1, 0.15) is 18.7 Å². The van der Waals surface area contributed by atoms with Crippen molar-refractivity contribution in [1.29, 1.82) is 0 Å². The molecule has 9 nitrogen and oxygen atoms in total. The number of carbonyl (C=O) groups is 1. The number of rotatable bonds is 5. The predicted molar refractivity (Wildman–Crippen MR) is 102 cm³/mol. The first kappa shape index (κ1) is 19.2. The summed E-state index contributed by atoms with van der Waals surface area (Å²) in [7, 11) is 3.01. The molecule has 0 saturated carbocycles. The Morgan fingerprint density at radius 3 is 2.63 bits per heavy atom. The predicted octanol–water partition coefficient (Wildman–Crippen LogP) is 3.79. The van der Waals surface area contributed by atoms with Crippen LogP contribution in [0.3, 0.4) is 0 Å². The highest BCUT2D eigenvalue weighted by atomic mass is 35.5. The standard InChI is InChI=1S/C16H16Cl2N6O3/c1-8(26-2)14-11(7-19-13-5-12(18)23-24(13)14)22-16(25)21-9-4-10(17)15(27-3)20-6-9/h4-8H,1-3H3,(H2,21,22,25). The number of aromatic nitrogens is 4. The first-order valence-electron chi connectivity index (χ1n) is 7.77. The van der Waals surface area contributed by atoms with E-state index in [1.54, 1.807) is 13.2 Å². The van der Waals surface area contributed by atoms with Crippen molar-refractivity contribution in [2.24, 2.45) is 0 Å². The Morgan fingerprint density at radius 2 is 1.96 bits per heavy atom. The smallest absolute Gasteiger partial charge is 0.323 e. The molecule has 1 atom stereocenters. The largest absolute Gasteiger partial charge is 0.480 e. The van der Waals surface area contributed by atoms with Crippen LogP contribution in [-0.2, 0) is 4.74 Å². The Morgan fingerprint density at radius 1 is 1.19 bits per heavy atom. The summed E-state index contributed by atoms with van der Waals surface area (Å²) in [6.07, 6.45) is 2.56. The number of nitrogens with one attached hydrogen (secondary N) is 2. The van der Waals surface area contributed by atoms with Crippen molar-refractivity contribution in [3.63, 3.8) is 0 Å². The first-order chi connectivity index (χ1) is 12.9. The van der Waals surface area contributed by atoms with Crippen molar-refractivity contribution in [3.05, 3.63) is 40.4 Å². The van der Waals surface area contributed by atoms with Gasteiger partial charge in [-0.2, -0.15) is 5.10 Å². The van der Waals surface area contributed by atoms with Crippen LogP contribution in [0, 0.1) is 0 Å². The van der Waals surface area contributed by atoms with Crippen LogP contribution in [0.15, 0.2) is 24.5 Å². The summed E-state index contributed by atoms with van der Waals surface area (Å²) in [5, 5.41) is 10.1. The summed E-state index contributed by atoms with van der Waals surface area (Å²) < 4.78 is 11.9. The third-order valence-electron chi connectivity index (χ3n) is 3.74. The van der Waals surface area contributed by atoms with Crippen molar-refractivity contribution in [2.45, 2.75) is 13.0 Å². The summed E-state index contributed by atoms with van der Waals surface area (Å²) in [5.41, 5.74) is 1.95. The number of anilines is 2. The van der Waals surface area contributed by atoms with E-state index in [1.165, 1.54) is 30.1 Å². The van der Waals surface area contributed by atoms with Crippen molar-refractivity contribution >= 4 is 46.3 Å². The van der Waals surface area contributed by atoms with Gasteiger partial charge in [0.05, 0.1) is 42.7 Å². The number of hydrogen-bond acceptors (Lipinski definition) is 6. The third-order valence-corrected chi connectivity index (χ3v) is 4.19. The molecule has 3 aromatic heterocycles. The molecule has 0 saturated heterocycles. The number of ether oxygens (including phenoxy) is 2. The number of pyridine rings is 1. The van der Waals surface area contributed by atoms with E-state index in [9.17, 15) is 4.79 Å². The lowest BCUT2D eigenvalue weighted by molar-refractivity contribution is 0.114. The Hall–Kier alpha value is -2.62. The molecule has 0 radical (unpaired) electrons. The fraction of sp³-hybridized carbons (Fsp3) is 0.250. The van der Waals surface area contributed by atoms with Crippen molar-refractivity contribution < 1.29 is 14.3 Å². The SMILES string of the molecule is COc1ncc(NC(=O)Nc2cnc3cc(Cl)nn3c2C(C)OC)cc1Cl. The highest BCUT2D eigenvalue weighted by Crippen LogP contribution is 2.27. The van der Waals surface area contributed by atoms with Gasteiger partial charge in [-0.25, -0.2) is 19.3 Å². The maximum atomic E-state index is 12.4. The molecule has 1 unspecified atom stereocenters. The highest BCUT2D eigenvalue weighted by Gasteiger charge is 2.19. The number of methoxy groups -OCH3 is 2. The molecule has 11 heteroatoms. The van der Waals surface area contributed by atoms with Crippen LogP contribution in [-0.4, -0.2) is 39.8 Å². The lowest BCUT2D eigenvalue weighted by Crippen LogP contribution is -2.22. The van der Waals surface area contributed by atoms with Crippen LogP contribution in [0.2, 0.25) is 10.2 Å². The molecule has 0 aliphatic heterocycles. The molecule has 2 amide bonds. The topological polar surface area (TPSA) is 103 Å².